The number of para-hydroxylation sites is 1. The van der Waals surface area contributed by atoms with Crippen molar-refractivity contribution in [3.8, 4) is 5.69 Å². The van der Waals surface area contributed by atoms with Crippen LogP contribution in [0.2, 0.25) is 5.02 Å². The van der Waals surface area contributed by atoms with E-state index in [0.29, 0.717) is 23.8 Å². The average Bonchev–Trinajstić information content (AvgIpc) is 3.24. The Bertz CT molecular complexity index is 1110. The Hall–Kier alpha value is -2.68. The molecule has 150 valence electrons. The van der Waals surface area contributed by atoms with E-state index in [1.165, 1.54) is 22.6 Å². The number of aromatic nitrogens is 2. The van der Waals surface area contributed by atoms with Crippen molar-refractivity contribution in [2.24, 2.45) is 0 Å². The van der Waals surface area contributed by atoms with Gasteiger partial charge in [0.05, 0.1) is 17.4 Å². The van der Waals surface area contributed by atoms with Crippen LogP contribution >= 0.6 is 11.6 Å². The van der Waals surface area contributed by atoms with E-state index >= 15 is 0 Å². The minimum absolute atomic E-state index is 0.171. The van der Waals surface area contributed by atoms with E-state index in [2.05, 4.69) is 4.98 Å². The molecule has 0 saturated carbocycles. The van der Waals surface area contributed by atoms with Crippen LogP contribution in [-0.2, 0) is 10.0 Å². The highest BCUT2D eigenvalue weighted by Gasteiger charge is 2.31. The van der Waals surface area contributed by atoms with Gasteiger partial charge in [-0.3, -0.25) is 9.36 Å². The number of benzene rings is 2. The fourth-order valence-electron chi connectivity index (χ4n) is 3.30. The van der Waals surface area contributed by atoms with Gasteiger partial charge in [-0.15, -0.1) is 0 Å². The van der Waals surface area contributed by atoms with Crippen LogP contribution in [0.1, 0.15) is 10.5 Å². The standard InChI is InChI=1S/C20H19ClN4O3S/c21-16-6-8-18(9-7-16)29(27,28)24-12-10-23(11-13-24)20(26)19-14-22-15-25(19)17-4-2-1-3-5-17/h1-9,14-15H,10-13H2. The molecular formula is C20H19ClN4O3S. The first-order valence-electron chi connectivity index (χ1n) is 9.09. The molecule has 2 aromatic carbocycles. The van der Waals surface area contributed by atoms with Crippen LogP contribution in [0.3, 0.4) is 0 Å². The number of carbonyl (C=O) groups excluding carboxylic acids is 1. The molecule has 7 nitrogen and oxygen atoms in total. The van der Waals surface area contributed by atoms with Gasteiger partial charge in [-0.1, -0.05) is 29.8 Å². The molecule has 2 heterocycles. The van der Waals surface area contributed by atoms with Crippen LogP contribution in [-0.4, -0.2) is 59.3 Å². The lowest BCUT2D eigenvalue weighted by atomic mass is 10.3. The van der Waals surface area contributed by atoms with Crippen molar-refractivity contribution in [1.29, 1.82) is 0 Å². The molecule has 0 aliphatic carbocycles. The van der Waals surface area contributed by atoms with Gasteiger partial charge in [-0.2, -0.15) is 4.31 Å². The maximum absolute atomic E-state index is 13.0. The number of sulfonamides is 1. The summed E-state index contributed by atoms with van der Waals surface area (Å²) in [6.45, 7) is 1.09. The summed E-state index contributed by atoms with van der Waals surface area (Å²) in [6.07, 6.45) is 3.13. The molecule has 0 bridgehead atoms. The van der Waals surface area contributed by atoms with E-state index in [9.17, 15) is 13.2 Å². The summed E-state index contributed by atoms with van der Waals surface area (Å²) in [5.41, 5.74) is 1.29. The zero-order chi connectivity index (χ0) is 20.4. The molecule has 1 aliphatic heterocycles. The van der Waals surface area contributed by atoms with Crippen molar-refractivity contribution in [3.63, 3.8) is 0 Å². The second-order valence-electron chi connectivity index (χ2n) is 6.63. The first-order valence-corrected chi connectivity index (χ1v) is 10.9. The Morgan fingerprint density at radius 1 is 0.931 bits per heavy atom. The first kappa shape index (κ1) is 19.6. The maximum Gasteiger partial charge on any atom is 0.272 e. The molecule has 1 saturated heterocycles. The SMILES string of the molecule is O=C(c1cncn1-c1ccccc1)N1CCN(S(=O)(=O)c2ccc(Cl)cc2)CC1. The lowest BCUT2D eigenvalue weighted by Crippen LogP contribution is -2.50. The van der Waals surface area contributed by atoms with Gasteiger partial charge in [-0.25, -0.2) is 13.4 Å². The summed E-state index contributed by atoms with van der Waals surface area (Å²) >= 11 is 5.85. The Balaban J connectivity index is 1.47. The number of hydrogen-bond donors (Lipinski definition) is 0. The monoisotopic (exact) mass is 430 g/mol. The maximum atomic E-state index is 13.0. The molecule has 1 fully saturated rings. The lowest BCUT2D eigenvalue weighted by molar-refractivity contribution is 0.0690. The molecule has 0 atom stereocenters. The van der Waals surface area contributed by atoms with Gasteiger partial charge in [0.25, 0.3) is 5.91 Å². The molecule has 1 amide bonds. The van der Waals surface area contributed by atoms with Crippen LogP contribution in [0.5, 0.6) is 0 Å². The largest absolute Gasteiger partial charge is 0.335 e. The van der Waals surface area contributed by atoms with Crippen LogP contribution in [0.25, 0.3) is 5.69 Å². The molecule has 0 spiro atoms. The topological polar surface area (TPSA) is 75.5 Å². The molecule has 1 aliphatic rings. The molecule has 29 heavy (non-hydrogen) atoms. The summed E-state index contributed by atoms with van der Waals surface area (Å²) in [4.78, 5) is 19.0. The van der Waals surface area contributed by atoms with Crippen LogP contribution < -0.4 is 0 Å². The summed E-state index contributed by atoms with van der Waals surface area (Å²) in [5.74, 6) is -0.171. The highest BCUT2D eigenvalue weighted by Crippen LogP contribution is 2.21. The molecule has 3 aromatic rings. The Morgan fingerprint density at radius 3 is 2.24 bits per heavy atom. The lowest BCUT2D eigenvalue weighted by Gasteiger charge is -2.34. The predicted molar refractivity (Wildman–Crippen MR) is 110 cm³/mol. The second-order valence-corrected chi connectivity index (χ2v) is 9.01. The summed E-state index contributed by atoms with van der Waals surface area (Å²) in [6, 6.07) is 15.6. The molecule has 0 radical (unpaired) electrons. The molecule has 0 unspecified atom stereocenters. The summed E-state index contributed by atoms with van der Waals surface area (Å²) in [5, 5.41) is 0.481. The van der Waals surface area contributed by atoms with Crippen molar-refractivity contribution in [2.75, 3.05) is 26.2 Å². The van der Waals surface area contributed by atoms with Gasteiger partial charge < -0.3 is 4.90 Å². The number of piperazine rings is 1. The molecule has 0 N–H and O–H groups in total. The van der Waals surface area contributed by atoms with Gasteiger partial charge in [0.2, 0.25) is 10.0 Å². The van der Waals surface area contributed by atoms with Crippen LogP contribution in [0.15, 0.2) is 72.0 Å². The highest BCUT2D eigenvalue weighted by molar-refractivity contribution is 7.89. The van der Waals surface area contributed by atoms with Crippen LogP contribution in [0, 0.1) is 0 Å². The molecule has 1 aromatic heterocycles. The van der Waals surface area contributed by atoms with Gasteiger partial charge >= 0.3 is 0 Å². The average molecular weight is 431 g/mol. The molecular weight excluding hydrogens is 412 g/mol. The summed E-state index contributed by atoms with van der Waals surface area (Å²) in [7, 11) is -3.61. The van der Waals surface area contributed by atoms with Crippen molar-refractivity contribution < 1.29 is 13.2 Å². The van der Waals surface area contributed by atoms with Gasteiger partial charge in [0, 0.05) is 36.9 Å². The third-order valence-electron chi connectivity index (χ3n) is 4.87. The number of halogens is 1. The minimum Gasteiger partial charge on any atom is -0.335 e. The van der Waals surface area contributed by atoms with E-state index in [0.717, 1.165) is 5.69 Å². The zero-order valence-corrected chi connectivity index (χ0v) is 17.1. The smallest absolute Gasteiger partial charge is 0.272 e. The molecule has 4 rings (SSSR count). The van der Waals surface area contributed by atoms with Crippen molar-refractivity contribution in [1.82, 2.24) is 18.8 Å². The van der Waals surface area contributed by atoms with E-state index in [-0.39, 0.29) is 23.9 Å². The number of nitrogens with zero attached hydrogens (tertiary/aromatic N) is 4. The van der Waals surface area contributed by atoms with E-state index < -0.39 is 10.0 Å². The fourth-order valence-corrected chi connectivity index (χ4v) is 4.84. The third kappa shape index (κ3) is 3.91. The Morgan fingerprint density at radius 2 is 1.59 bits per heavy atom. The highest BCUT2D eigenvalue weighted by atomic mass is 35.5. The number of rotatable bonds is 4. The van der Waals surface area contributed by atoms with Gasteiger partial charge in [-0.05, 0) is 36.4 Å². The van der Waals surface area contributed by atoms with Crippen molar-refractivity contribution in [2.45, 2.75) is 4.90 Å². The minimum atomic E-state index is -3.61. The molecule has 9 heteroatoms. The number of carbonyl (C=O) groups is 1. The number of imidazole rings is 1. The second kappa shape index (κ2) is 7.98. The Labute approximate surface area is 174 Å². The number of amides is 1. The summed E-state index contributed by atoms with van der Waals surface area (Å²) < 4.78 is 28.7. The van der Waals surface area contributed by atoms with Crippen molar-refractivity contribution >= 4 is 27.5 Å². The fraction of sp³-hybridized carbons (Fsp3) is 0.200. The van der Waals surface area contributed by atoms with E-state index in [4.69, 9.17) is 11.6 Å². The van der Waals surface area contributed by atoms with Crippen LogP contribution in [0.4, 0.5) is 0 Å². The number of hydrogen-bond acceptors (Lipinski definition) is 4. The Kier molecular flexibility index (Phi) is 5.40. The van der Waals surface area contributed by atoms with E-state index in [1.54, 1.807) is 27.9 Å². The quantitative estimate of drug-likeness (QED) is 0.637. The normalized spacial score (nSPS) is 15.4. The first-order chi connectivity index (χ1) is 14.0. The van der Waals surface area contributed by atoms with Crippen molar-refractivity contribution in [3.05, 3.63) is 77.8 Å². The van der Waals surface area contributed by atoms with Gasteiger partial charge in [0.15, 0.2) is 0 Å². The predicted octanol–water partition coefficient (Wildman–Crippen LogP) is 2.67. The van der Waals surface area contributed by atoms with E-state index in [1.807, 2.05) is 30.3 Å². The third-order valence-corrected chi connectivity index (χ3v) is 7.03. The van der Waals surface area contributed by atoms with Gasteiger partial charge in [0.1, 0.15) is 5.69 Å². The zero-order valence-electron chi connectivity index (χ0n) is 15.5.